The summed E-state index contributed by atoms with van der Waals surface area (Å²) in [4.78, 5) is 12.0. The summed E-state index contributed by atoms with van der Waals surface area (Å²) in [7, 11) is 0. The Morgan fingerprint density at radius 1 is 1.35 bits per heavy atom. The summed E-state index contributed by atoms with van der Waals surface area (Å²) in [5, 5.41) is 2.82. The van der Waals surface area contributed by atoms with Crippen LogP contribution in [0.25, 0.3) is 0 Å². The van der Waals surface area contributed by atoms with E-state index in [9.17, 15) is 9.18 Å². The van der Waals surface area contributed by atoms with Crippen molar-refractivity contribution >= 4 is 11.6 Å². The Balaban J connectivity index is 2.44. The molecule has 1 heterocycles. The number of hydrogen-bond acceptors (Lipinski definition) is 1. The highest BCUT2D eigenvalue weighted by Gasteiger charge is 2.39. The van der Waals surface area contributed by atoms with Crippen LogP contribution in [0.4, 0.5) is 10.1 Å². The van der Waals surface area contributed by atoms with Crippen LogP contribution < -0.4 is 5.32 Å². The van der Waals surface area contributed by atoms with Gasteiger partial charge in [0.1, 0.15) is 5.82 Å². The number of hydrogen-bond donors (Lipinski definition) is 1. The summed E-state index contributed by atoms with van der Waals surface area (Å²) in [5.74, 6) is -0.398. The normalized spacial score (nSPS) is 21.0. The predicted molar refractivity (Wildman–Crippen MR) is 66.4 cm³/mol. The van der Waals surface area contributed by atoms with Crippen LogP contribution in [-0.2, 0) is 4.79 Å². The molecule has 0 aromatic heterocycles. The smallest absolute Gasteiger partial charge is 0.232 e. The lowest BCUT2D eigenvalue weighted by atomic mass is 9.72. The van der Waals surface area contributed by atoms with Gasteiger partial charge in [0.05, 0.1) is 5.92 Å². The molecule has 17 heavy (non-hydrogen) atoms. The molecule has 2 rings (SSSR count). The molecule has 0 aliphatic carbocycles. The largest absolute Gasteiger partial charge is 0.325 e. The molecule has 0 saturated carbocycles. The van der Waals surface area contributed by atoms with Crippen molar-refractivity contribution in [1.29, 1.82) is 0 Å². The van der Waals surface area contributed by atoms with Gasteiger partial charge in [-0.15, -0.1) is 0 Å². The molecule has 1 aliphatic rings. The van der Waals surface area contributed by atoms with Crippen molar-refractivity contribution < 1.29 is 9.18 Å². The molecule has 0 saturated heterocycles. The maximum absolute atomic E-state index is 13.3. The predicted octanol–water partition coefficient (Wildman–Crippen LogP) is 3.54. The SMILES string of the molecule is CC(C1C(=O)Nc2ccc(F)cc21)C(C)(C)C. The van der Waals surface area contributed by atoms with Gasteiger partial charge in [0.2, 0.25) is 5.91 Å². The number of rotatable bonds is 1. The van der Waals surface area contributed by atoms with E-state index in [0.29, 0.717) is 0 Å². The number of nitrogens with one attached hydrogen (secondary N) is 1. The zero-order valence-electron chi connectivity index (χ0n) is 10.7. The van der Waals surface area contributed by atoms with E-state index in [4.69, 9.17) is 0 Å². The molecule has 0 fully saturated rings. The molecule has 0 spiro atoms. The van der Waals surface area contributed by atoms with Gasteiger partial charge in [-0.25, -0.2) is 4.39 Å². The maximum atomic E-state index is 13.3. The first-order chi connectivity index (χ1) is 7.80. The highest BCUT2D eigenvalue weighted by molar-refractivity contribution is 6.03. The molecule has 92 valence electrons. The molecule has 1 amide bonds. The second-order valence-electron chi connectivity index (χ2n) is 5.85. The Hall–Kier alpha value is -1.38. The van der Waals surface area contributed by atoms with Crippen molar-refractivity contribution in [2.75, 3.05) is 5.32 Å². The lowest BCUT2D eigenvalue weighted by Gasteiger charge is -2.31. The Kier molecular flexibility index (Phi) is 2.72. The first kappa shape index (κ1) is 12.1. The minimum absolute atomic E-state index is 0.00986. The van der Waals surface area contributed by atoms with Crippen LogP contribution in [0.1, 0.15) is 39.2 Å². The summed E-state index contributed by atoms with van der Waals surface area (Å²) in [5.41, 5.74) is 1.55. The van der Waals surface area contributed by atoms with Crippen molar-refractivity contribution in [3.63, 3.8) is 0 Å². The summed E-state index contributed by atoms with van der Waals surface area (Å²) in [6.07, 6.45) is 0. The van der Waals surface area contributed by atoms with Crippen LogP contribution in [0.3, 0.4) is 0 Å². The van der Waals surface area contributed by atoms with Gasteiger partial charge in [-0.05, 0) is 35.1 Å². The van der Waals surface area contributed by atoms with E-state index >= 15 is 0 Å². The lowest BCUT2D eigenvalue weighted by molar-refractivity contribution is -0.118. The van der Waals surface area contributed by atoms with Crippen LogP contribution in [0.15, 0.2) is 18.2 Å². The summed E-state index contributed by atoms with van der Waals surface area (Å²) in [6.45, 7) is 8.34. The minimum atomic E-state index is -0.286. The Bertz CT molecular complexity index is 462. The van der Waals surface area contributed by atoms with E-state index < -0.39 is 0 Å². The van der Waals surface area contributed by atoms with Crippen molar-refractivity contribution in [2.24, 2.45) is 11.3 Å². The van der Waals surface area contributed by atoms with Gasteiger partial charge in [-0.1, -0.05) is 27.7 Å². The average molecular weight is 235 g/mol. The van der Waals surface area contributed by atoms with E-state index in [1.165, 1.54) is 12.1 Å². The quantitative estimate of drug-likeness (QED) is 0.792. The summed E-state index contributed by atoms with van der Waals surface area (Å²) in [6, 6.07) is 4.49. The highest BCUT2D eigenvalue weighted by atomic mass is 19.1. The minimum Gasteiger partial charge on any atom is -0.325 e. The van der Waals surface area contributed by atoms with Crippen molar-refractivity contribution in [3.8, 4) is 0 Å². The third kappa shape index (κ3) is 2.06. The second kappa shape index (κ2) is 3.83. The number of benzene rings is 1. The zero-order valence-corrected chi connectivity index (χ0v) is 10.7. The van der Waals surface area contributed by atoms with Crippen molar-refractivity contribution in [1.82, 2.24) is 0 Å². The van der Waals surface area contributed by atoms with Gasteiger partial charge < -0.3 is 5.32 Å². The number of amides is 1. The Morgan fingerprint density at radius 3 is 2.59 bits per heavy atom. The molecule has 2 nitrogen and oxygen atoms in total. The number of fused-ring (bicyclic) bond motifs is 1. The molecule has 2 atom stereocenters. The molecule has 1 aromatic rings. The highest BCUT2D eigenvalue weighted by Crippen LogP contribution is 2.44. The fourth-order valence-corrected chi connectivity index (χ4v) is 2.25. The number of anilines is 1. The van der Waals surface area contributed by atoms with E-state index in [0.717, 1.165) is 11.3 Å². The summed E-state index contributed by atoms with van der Waals surface area (Å²) >= 11 is 0. The first-order valence-corrected chi connectivity index (χ1v) is 5.91. The van der Waals surface area contributed by atoms with Crippen LogP contribution in [0, 0.1) is 17.2 Å². The number of carbonyl (C=O) groups excluding carboxylic acids is 1. The van der Waals surface area contributed by atoms with E-state index in [1.807, 2.05) is 6.92 Å². The van der Waals surface area contributed by atoms with E-state index in [-0.39, 0.29) is 29.0 Å². The molecule has 1 N–H and O–H groups in total. The molecular formula is C14H18FNO. The topological polar surface area (TPSA) is 29.1 Å². The standard InChI is InChI=1S/C14H18FNO/c1-8(14(2,3)4)12-10-7-9(15)5-6-11(10)16-13(12)17/h5-8,12H,1-4H3,(H,16,17). The van der Waals surface area contributed by atoms with Gasteiger partial charge in [-0.3, -0.25) is 4.79 Å². The molecule has 0 radical (unpaired) electrons. The fourth-order valence-electron chi connectivity index (χ4n) is 2.25. The molecule has 1 aromatic carbocycles. The van der Waals surface area contributed by atoms with Gasteiger partial charge in [0, 0.05) is 5.69 Å². The molecule has 2 unspecified atom stereocenters. The van der Waals surface area contributed by atoms with Gasteiger partial charge >= 0.3 is 0 Å². The van der Waals surface area contributed by atoms with Crippen LogP contribution in [0.2, 0.25) is 0 Å². The third-order valence-corrected chi connectivity index (χ3v) is 3.76. The maximum Gasteiger partial charge on any atom is 0.232 e. The van der Waals surface area contributed by atoms with Crippen molar-refractivity contribution in [3.05, 3.63) is 29.6 Å². The number of halogens is 1. The van der Waals surface area contributed by atoms with Crippen LogP contribution >= 0.6 is 0 Å². The van der Waals surface area contributed by atoms with Crippen LogP contribution in [-0.4, -0.2) is 5.91 Å². The van der Waals surface area contributed by atoms with E-state index in [1.54, 1.807) is 6.07 Å². The average Bonchev–Trinajstić information content (AvgIpc) is 2.51. The third-order valence-electron chi connectivity index (χ3n) is 3.76. The first-order valence-electron chi connectivity index (χ1n) is 5.91. The Labute approximate surface area is 101 Å². The van der Waals surface area contributed by atoms with Gasteiger partial charge in [-0.2, -0.15) is 0 Å². The van der Waals surface area contributed by atoms with Gasteiger partial charge in [0.25, 0.3) is 0 Å². The number of carbonyl (C=O) groups is 1. The van der Waals surface area contributed by atoms with Gasteiger partial charge in [0.15, 0.2) is 0 Å². The molecule has 1 aliphatic heterocycles. The molecule has 0 bridgehead atoms. The lowest BCUT2D eigenvalue weighted by Crippen LogP contribution is -2.28. The van der Waals surface area contributed by atoms with Crippen molar-refractivity contribution in [2.45, 2.75) is 33.6 Å². The molecular weight excluding hydrogens is 217 g/mol. The Morgan fingerprint density at radius 2 is 2.00 bits per heavy atom. The summed E-state index contributed by atoms with van der Waals surface area (Å²) < 4.78 is 13.3. The second-order valence-corrected chi connectivity index (χ2v) is 5.85. The van der Waals surface area contributed by atoms with Crippen LogP contribution in [0.5, 0.6) is 0 Å². The zero-order chi connectivity index (χ0) is 12.8. The monoisotopic (exact) mass is 235 g/mol. The van der Waals surface area contributed by atoms with E-state index in [2.05, 4.69) is 26.1 Å². The molecule has 3 heteroatoms. The fraction of sp³-hybridized carbons (Fsp3) is 0.500.